The third kappa shape index (κ3) is 3.69. The average molecular weight is 231 g/mol. The molecule has 0 saturated carbocycles. The molecule has 1 aliphatic rings. The van der Waals surface area contributed by atoms with Crippen LogP contribution in [0.1, 0.15) is 25.3 Å². The summed E-state index contributed by atoms with van der Waals surface area (Å²) in [7, 11) is 0. The maximum Gasteiger partial charge on any atom is 0.0765 e. The Morgan fingerprint density at radius 1 is 1.35 bits per heavy atom. The molecule has 1 aromatic carbocycles. The summed E-state index contributed by atoms with van der Waals surface area (Å²) in [4.78, 5) is 0. The van der Waals surface area contributed by atoms with E-state index < -0.39 is 0 Å². The topological polar surface area (TPSA) is 21.3 Å². The van der Waals surface area contributed by atoms with Crippen LogP contribution in [0.2, 0.25) is 0 Å². The van der Waals surface area contributed by atoms with Gasteiger partial charge in [-0.1, -0.05) is 49.4 Å². The predicted molar refractivity (Wildman–Crippen MR) is 70.9 cm³/mol. The van der Waals surface area contributed by atoms with E-state index in [1.54, 1.807) is 0 Å². The molecule has 0 spiro atoms. The molecule has 2 atom stereocenters. The fourth-order valence-corrected chi connectivity index (χ4v) is 2.15. The first kappa shape index (κ1) is 12.3. The van der Waals surface area contributed by atoms with Crippen molar-refractivity contribution in [2.45, 2.75) is 38.5 Å². The molecule has 1 heterocycles. The van der Waals surface area contributed by atoms with E-state index in [1.807, 2.05) is 6.07 Å². The van der Waals surface area contributed by atoms with Gasteiger partial charge in [-0.3, -0.25) is 0 Å². The van der Waals surface area contributed by atoms with Gasteiger partial charge in [-0.05, 0) is 24.9 Å². The van der Waals surface area contributed by atoms with E-state index in [2.05, 4.69) is 48.7 Å². The molecule has 2 rings (SSSR count). The van der Waals surface area contributed by atoms with Crippen LogP contribution in [0.3, 0.4) is 0 Å². The Morgan fingerprint density at radius 3 is 2.82 bits per heavy atom. The van der Waals surface area contributed by atoms with Gasteiger partial charge >= 0.3 is 0 Å². The van der Waals surface area contributed by atoms with Crippen molar-refractivity contribution in [1.82, 2.24) is 5.32 Å². The minimum absolute atomic E-state index is 0.270. The van der Waals surface area contributed by atoms with Gasteiger partial charge in [0.2, 0.25) is 0 Å². The van der Waals surface area contributed by atoms with Crippen LogP contribution in [0, 0.1) is 0 Å². The second kappa shape index (κ2) is 6.58. The second-order valence-corrected chi connectivity index (χ2v) is 4.44. The summed E-state index contributed by atoms with van der Waals surface area (Å²) in [5, 5.41) is 3.49. The summed E-state index contributed by atoms with van der Waals surface area (Å²) in [5.41, 5.74) is 1.24. The lowest BCUT2D eigenvalue weighted by molar-refractivity contribution is 0.0220. The van der Waals surface area contributed by atoms with Gasteiger partial charge in [0.25, 0.3) is 0 Å². The third-order valence-corrected chi connectivity index (χ3v) is 3.14. The summed E-state index contributed by atoms with van der Waals surface area (Å²) in [6, 6.07) is 10.7. The molecule has 1 aliphatic heterocycles. The van der Waals surface area contributed by atoms with Crippen LogP contribution < -0.4 is 5.32 Å². The highest BCUT2D eigenvalue weighted by Crippen LogP contribution is 2.12. The van der Waals surface area contributed by atoms with Gasteiger partial charge < -0.3 is 10.1 Å². The first-order chi connectivity index (χ1) is 8.40. The first-order valence-corrected chi connectivity index (χ1v) is 6.45. The summed E-state index contributed by atoms with van der Waals surface area (Å²) in [6.45, 7) is 3.94. The van der Waals surface area contributed by atoms with Crippen LogP contribution in [0.4, 0.5) is 0 Å². The van der Waals surface area contributed by atoms with Crippen LogP contribution in [-0.4, -0.2) is 18.7 Å². The van der Waals surface area contributed by atoms with Gasteiger partial charge in [0.1, 0.15) is 0 Å². The van der Waals surface area contributed by atoms with E-state index in [9.17, 15) is 0 Å². The summed E-state index contributed by atoms with van der Waals surface area (Å²) >= 11 is 0. The Bertz CT molecular complexity index is 347. The molecule has 0 saturated heterocycles. The molecule has 92 valence electrons. The number of benzene rings is 1. The fourth-order valence-electron chi connectivity index (χ4n) is 2.15. The minimum Gasteiger partial charge on any atom is -0.372 e. The Morgan fingerprint density at radius 2 is 2.18 bits per heavy atom. The first-order valence-electron chi connectivity index (χ1n) is 6.45. The molecule has 1 N–H and O–H groups in total. The number of ether oxygens (including phenoxy) is 1. The van der Waals surface area contributed by atoms with E-state index in [0.29, 0.717) is 12.6 Å². The minimum atomic E-state index is 0.270. The van der Waals surface area contributed by atoms with Crippen molar-refractivity contribution in [3.8, 4) is 0 Å². The molecular formula is C15H21NO. The van der Waals surface area contributed by atoms with Crippen LogP contribution in [-0.2, 0) is 11.3 Å². The van der Waals surface area contributed by atoms with Crippen molar-refractivity contribution in [3.05, 3.63) is 48.0 Å². The predicted octanol–water partition coefficient (Wildman–Crippen LogP) is 2.90. The Labute approximate surface area is 104 Å². The zero-order chi connectivity index (χ0) is 11.9. The van der Waals surface area contributed by atoms with Gasteiger partial charge in [-0.2, -0.15) is 0 Å². The standard InChI is InChI=1S/C15H21NO/c1-2-15(14-10-6-7-11-16-14)17-12-13-8-4-3-5-9-13/h3-6,8-10,14-16H,2,7,11-12H2,1H3/t14-,15+/m1/s1. The molecule has 0 aliphatic carbocycles. The van der Waals surface area contributed by atoms with Crippen molar-refractivity contribution in [2.24, 2.45) is 0 Å². The maximum absolute atomic E-state index is 6.00. The van der Waals surface area contributed by atoms with Crippen molar-refractivity contribution in [1.29, 1.82) is 0 Å². The van der Waals surface area contributed by atoms with E-state index >= 15 is 0 Å². The van der Waals surface area contributed by atoms with Gasteiger partial charge in [0.05, 0.1) is 18.8 Å². The molecule has 0 fully saturated rings. The van der Waals surface area contributed by atoms with Crippen LogP contribution in [0.25, 0.3) is 0 Å². The molecule has 2 nitrogen and oxygen atoms in total. The summed E-state index contributed by atoms with van der Waals surface area (Å²) in [6.07, 6.45) is 6.92. The monoisotopic (exact) mass is 231 g/mol. The molecule has 0 aromatic heterocycles. The maximum atomic E-state index is 6.00. The molecule has 0 bridgehead atoms. The molecule has 17 heavy (non-hydrogen) atoms. The number of nitrogens with one attached hydrogen (secondary N) is 1. The largest absolute Gasteiger partial charge is 0.372 e. The van der Waals surface area contributed by atoms with Gasteiger partial charge in [0, 0.05) is 0 Å². The average Bonchev–Trinajstić information content (AvgIpc) is 2.42. The van der Waals surface area contributed by atoms with Crippen molar-refractivity contribution < 1.29 is 4.74 Å². The lowest BCUT2D eigenvalue weighted by Gasteiger charge is -2.27. The highest BCUT2D eigenvalue weighted by molar-refractivity contribution is 5.13. The van der Waals surface area contributed by atoms with E-state index in [-0.39, 0.29) is 6.10 Å². The SMILES string of the molecule is CC[C@H](OCc1ccccc1)[C@H]1C=CCCN1. The second-order valence-electron chi connectivity index (χ2n) is 4.44. The van der Waals surface area contributed by atoms with Crippen LogP contribution in [0.15, 0.2) is 42.5 Å². The van der Waals surface area contributed by atoms with Crippen molar-refractivity contribution >= 4 is 0 Å². The lowest BCUT2D eigenvalue weighted by Crippen LogP contribution is -2.41. The zero-order valence-electron chi connectivity index (χ0n) is 10.4. The normalized spacial score (nSPS) is 21.4. The fraction of sp³-hybridized carbons (Fsp3) is 0.467. The van der Waals surface area contributed by atoms with Gasteiger partial charge in [-0.15, -0.1) is 0 Å². The van der Waals surface area contributed by atoms with Gasteiger partial charge in [0.15, 0.2) is 0 Å². The quantitative estimate of drug-likeness (QED) is 0.787. The molecule has 0 unspecified atom stereocenters. The molecule has 0 amide bonds. The smallest absolute Gasteiger partial charge is 0.0765 e. The van der Waals surface area contributed by atoms with Crippen molar-refractivity contribution in [2.75, 3.05) is 6.54 Å². The summed E-state index contributed by atoms with van der Waals surface area (Å²) in [5.74, 6) is 0. The third-order valence-electron chi connectivity index (χ3n) is 3.14. The van der Waals surface area contributed by atoms with Crippen LogP contribution >= 0.6 is 0 Å². The van der Waals surface area contributed by atoms with E-state index in [4.69, 9.17) is 4.74 Å². The Hall–Kier alpha value is -1.12. The van der Waals surface area contributed by atoms with Crippen LogP contribution in [0.5, 0.6) is 0 Å². The van der Waals surface area contributed by atoms with Gasteiger partial charge in [-0.25, -0.2) is 0 Å². The molecule has 0 radical (unpaired) electrons. The van der Waals surface area contributed by atoms with E-state index in [0.717, 1.165) is 19.4 Å². The Kier molecular flexibility index (Phi) is 4.77. The zero-order valence-corrected chi connectivity index (χ0v) is 10.4. The molecule has 1 aromatic rings. The lowest BCUT2D eigenvalue weighted by atomic mass is 10.0. The highest BCUT2D eigenvalue weighted by atomic mass is 16.5. The summed E-state index contributed by atoms with van der Waals surface area (Å²) < 4.78 is 6.00. The number of rotatable bonds is 5. The Balaban J connectivity index is 1.87. The van der Waals surface area contributed by atoms with Crippen molar-refractivity contribution in [3.63, 3.8) is 0 Å². The van der Waals surface area contributed by atoms with E-state index in [1.165, 1.54) is 5.56 Å². The molecular weight excluding hydrogens is 210 g/mol. The number of hydrogen-bond acceptors (Lipinski definition) is 2. The number of hydrogen-bond donors (Lipinski definition) is 1. The highest BCUT2D eigenvalue weighted by Gasteiger charge is 2.18. The molecule has 2 heteroatoms.